The first-order valence-corrected chi connectivity index (χ1v) is 8.90. The van der Waals surface area contributed by atoms with Gasteiger partial charge in [-0.15, -0.1) is 0 Å². The summed E-state index contributed by atoms with van der Waals surface area (Å²) in [6.45, 7) is 4.08. The SMILES string of the molecule is COc1ccc(NC(=O)CN(C)CC(=O)Nc2c(C)cccc2C)cc1OC. The molecular weight excluding hydrogens is 358 g/mol. The molecule has 2 amide bonds. The Morgan fingerprint density at radius 2 is 1.46 bits per heavy atom. The van der Waals surface area contributed by atoms with Crippen molar-refractivity contribution in [2.75, 3.05) is 45.0 Å². The molecule has 2 N–H and O–H groups in total. The monoisotopic (exact) mass is 385 g/mol. The number of para-hydroxylation sites is 1. The van der Waals surface area contributed by atoms with Gasteiger partial charge in [0.15, 0.2) is 11.5 Å². The van der Waals surface area contributed by atoms with Gasteiger partial charge in [-0.25, -0.2) is 0 Å². The molecule has 0 saturated carbocycles. The summed E-state index contributed by atoms with van der Waals surface area (Å²) >= 11 is 0. The first-order chi connectivity index (χ1) is 13.3. The van der Waals surface area contributed by atoms with Gasteiger partial charge < -0.3 is 20.1 Å². The van der Waals surface area contributed by atoms with Gasteiger partial charge >= 0.3 is 0 Å². The third-order valence-electron chi connectivity index (χ3n) is 4.24. The molecule has 150 valence electrons. The molecule has 0 saturated heterocycles. The van der Waals surface area contributed by atoms with Gasteiger partial charge in [-0.3, -0.25) is 14.5 Å². The van der Waals surface area contributed by atoms with Crippen LogP contribution in [0.25, 0.3) is 0 Å². The quantitative estimate of drug-likeness (QED) is 0.730. The maximum absolute atomic E-state index is 12.3. The van der Waals surface area contributed by atoms with Crippen molar-refractivity contribution in [3.05, 3.63) is 47.5 Å². The van der Waals surface area contributed by atoms with Crippen LogP contribution >= 0.6 is 0 Å². The van der Waals surface area contributed by atoms with Crippen LogP contribution in [0.4, 0.5) is 11.4 Å². The Labute approximate surface area is 165 Å². The van der Waals surface area contributed by atoms with Gasteiger partial charge in [0, 0.05) is 17.4 Å². The van der Waals surface area contributed by atoms with E-state index in [0.29, 0.717) is 17.2 Å². The zero-order valence-electron chi connectivity index (χ0n) is 17.0. The molecule has 0 unspecified atom stereocenters. The van der Waals surface area contributed by atoms with E-state index in [1.165, 1.54) is 7.11 Å². The van der Waals surface area contributed by atoms with Crippen molar-refractivity contribution in [1.82, 2.24) is 4.90 Å². The molecule has 0 radical (unpaired) electrons. The molecule has 7 nitrogen and oxygen atoms in total. The Morgan fingerprint density at radius 3 is 2.04 bits per heavy atom. The number of likely N-dealkylation sites (N-methyl/N-ethyl adjacent to an activating group) is 1. The fraction of sp³-hybridized carbons (Fsp3) is 0.333. The maximum Gasteiger partial charge on any atom is 0.238 e. The number of benzene rings is 2. The first-order valence-electron chi connectivity index (χ1n) is 8.90. The summed E-state index contributed by atoms with van der Waals surface area (Å²) in [6, 6.07) is 11.0. The minimum atomic E-state index is -0.227. The Bertz CT molecular complexity index is 831. The van der Waals surface area contributed by atoms with E-state index in [4.69, 9.17) is 9.47 Å². The number of carbonyl (C=O) groups excluding carboxylic acids is 2. The number of hydrogen-bond acceptors (Lipinski definition) is 5. The van der Waals surface area contributed by atoms with E-state index >= 15 is 0 Å². The molecule has 0 atom stereocenters. The molecule has 0 aliphatic carbocycles. The second-order valence-corrected chi connectivity index (χ2v) is 6.61. The summed E-state index contributed by atoms with van der Waals surface area (Å²) in [5.74, 6) is 0.718. The molecule has 0 fully saturated rings. The Hall–Kier alpha value is -3.06. The van der Waals surface area contributed by atoms with Gasteiger partial charge in [-0.2, -0.15) is 0 Å². The van der Waals surface area contributed by atoms with E-state index < -0.39 is 0 Å². The van der Waals surface area contributed by atoms with Crippen LogP contribution in [0.5, 0.6) is 11.5 Å². The summed E-state index contributed by atoms with van der Waals surface area (Å²) in [5, 5.41) is 5.71. The molecular formula is C21H27N3O4. The number of methoxy groups -OCH3 is 2. The smallest absolute Gasteiger partial charge is 0.238 e. The lowest BCUT2D eigenvalue weighted by molar-refractivity contribution is -0.119. The average molecular weight is 385 g/mol. The maximum atomic E-state index is 12.3. The van der Waals surface area contributed by atoms with Crippen LogP contribution < -0.4 is 20.1 Å². The van der Waals surface area contributed by atoms with Gasteiger partial charge in [0.25, 0.3) is 0 Å². The van der Waals surface area contributed by atoms with Crippen LogP contribution in [0.1, 0.15) is 11.1 Å². The molecule has 0 spiro atoms. The van der Waals surface area contributed by atoms with Crippen molar-refractivity contribution in [1.29, 1.82) is 0 Å². The largest absolute Gasteiger partial charge is 0.493 e. The third-order valence-corrected chi connectivity index (χ3v) is 4.24. The van der Waals surface area contributed by atoms with E-state index in [1.54, 1.807) is 37.3 Å². The van der Waals surface area contributed by atoms with Crippen molar-refractivity contribution in [3.63, 3.8) is 0 Å². The van der Waals surface area contributed by atoms with E-state index in [0.717, 1.165) is 16.8 Å². The Morgan fingerprint density at radius 1 is 0.893 bits per heavy atom. The highest BCUT2D eigenvalue weighted by Gasteiger charge is 2.13. The summed E-state index contributed by atoms with van der Waals surface area (Å²) in [6.07, 6.45) is 0. The zero-order valence-corrected chi connectivity index (χ0v) is 17.0. The number of carbonyl (C=O) groups is 2. The van der Waals surface area contributed by atoms with Gasteiger partial charge in [0.1, 0.15) is 0 Å². The van der Waals surface area contributed by atoms with Crippen molar-refractivity contribution in [2.45, 2.75) is 13.8 Å². The number of nitrogens with zero attached hydrogens (tertiary/aromatic N) is 1. The molecule has 0 aromatic heterocycles. The molecule has 2 aromatic carbocycles. The zero-order chi connectivity index (χ0) is 20.7. The number of anilines is 2. The Kier molecular flexibility index (Phi) is 7.40. The van der Waals surface area contributed by atoms with Crippen molar-refractivity contribution >= 4 is 23.2 Å². The molecule has 0 aliphatic heterocycles. The van der Waals surface area contributed by atoms with Gasteiger partial charge in [-0.1, -0.05) is 18.2 Å². The van der Waals surface area contributed by atoms with Crippen LogP contribution in [-0.2, 0) is 9.59 Å². The number of amides is 2. The lowest BCUT2D eigenvalue weighted by atomic mass is 10.1. The lowest BCUT2D eigenvalue weighted by Gasteiger charge is -2.18. The number of hydrogen-bond donors (Lipinski definition) is 2. The molecule has 2 rings (SSSR count). The first kappa shape index (κ1) is 21.2. The highest BCUT2D eigenvalue weighted by atomic mass is 16.5. The fourth-order valence-electron chi connectivity index (χ4n) is 2.85. The third kappa shape index (κ3) is 5.72. The van der Waals surface area contributed by atoms with E-state index in [2.05, 4.69) is 10.6 Å². The number of aryl methyl sites for hydroxylation is 2. The van der Waals surface area contributed by atoms with E-state index in [-0.39, 0.29) is 24.9 Å². The van der Waals surface area contributed by atoms with Crippen LogP contribution in [-0.4, -0.2) is 51.1 Å². The highest BCUT2D eigenvalue weighted by molar-refractivity contribution is 5.95. The Balaban J connectivity index is 1.89. The van der Waals surface area contributed by atoms with Crippen molar-refractivity contribution in [2.24, 2.45) is 0 Å². The topological polar surface area (TPSA) is 79.9 Å². The molecule has 0 aliphatic rings. The fourth-order valence-corrected chi connectivity index (χ4v) is 2.85. The predicted octanol–water partition coefficient (Wildman–Crippen LogP) is 2.83. The summed E-state index contributed by atoms with van der Waals surface area (Å²) < 4.78 is 10.4. The minimum absolute atomic E-state index is 0.0779. The average Bonchev–Trinajstić information content (AvgIpc) is 2.64. The molecule has 2 aromatic rings. The lowest BCUT2D eigenvalue weighted by Crippen LogP contribution is -2.36. The van der Waals surface area contributed by atoms with Gasteiger partial charge in [0.05, 0.1) is 27.3 Å². The number of rotatable bonds is 8. The van der Waals surface area contributed by atoms with E-state index in [1.807, 2.05) is 32.0 Å². The molecule has 28 heavy (non-hydrogen) atoms. The molecule has 7 heteroatoms. The minimum Gasteiger partial charge on any atom is -0.493 e. The van der Waals surface area contributed by atoms with Crippen LogP contribution in [0.2, 0.25) is 0 Å². The standard InChI is InChI=1S/C21H27N3O4/c1-14-7-6-8-15(2)21(14)23-20(26)13-24(3)12-19(25)22-16-9-10-17(27-4)18(11-16)28-5/h6-11H,12-13H2,1-5H3,(H,22,25)(H,23,26). The predicted molar refractivity (Wildman–Crippen MR) is 110 cm³/mol. The van der Waals surface area contributed by atoms with Gasteiger partial charge in [-0.05, 0) is 44.2 Å². The number of ether oxygens (including phenoxy) is 2. The van der Waals surface area contributed by atoms with Crippen molar-refractivity contribution < 1.29 is 19.1 Å². The molecule has 0 heterocycles. The molecule has 0 bridgehead atoms. The van der Waals surface area contributed by atoms with Crippen LogP contribution in [0.15, 0.2) is 36.4 Å². The van der Waals surface area contributed by atoms with Crippen LogP contribution in [0, 0.1) is 13.8 Å². The number of nitrogens with one attached hydrogen (secondary N) is 2. The second kappa shape index (κ2) is 9.75. The van der Waals surface area contributed by atoms with Crippen molar-refractivity contribution in [3.8, 4) is 11.5 Å². The summed E-state index contributed by atoms with van der Waals surface area (Å²) in [5.41, 5.74) is 3.41. The highest BCUT2D eigenvalue weighted by Crippen LogP contribution is 2.29. The summed E-state index contributed by atoms with van der Waals surface area (Å²) in [4.78, 5) is 26.2. The van der Waals surface area contributed by atoms with E-state index in [9.17, 15) is 9.59 Å². The van der Waals surface area contributed by atoms with Crippen LogP contribution in [0.3, 0.4) is 0 Å². The summed E-state index contributed by atoms with van der Waals surface area (Å²) in [7, 11) is 4.80. The van der Waals surface area contributed by atoms with Gasteiger partial charge in [0.2, 0.25) is 11.8 Å². The normalized spacial score (nSPS) is 10.5. The second-order valence-electron chi connectivity index (χ2n) is 6.61.